The van der Waals surface area contributed by atoms with Crippen LogP contribution in [0.3, 0.4) is 0 Å². The first-order valence-corrected chi connectivity index (χ1v) is 32.3. The molecule has 0 spiro atoms. The van der Waals surface area contributed by atoms with Crippen LogP contribution in [0.4, 0.5) is 0 Å². The zero-order chi connectivity index (χ0) is 51.8. The van der Waals surface area contributed by atoms with Gasteiger partial charge in [0.15, 0.2) is 6.10 Å². The summed E-state index contributed by atoms with van der Waals surface area (Å²) < 4.78 is 16.9. The molecule has 0 bridgehead atoms. The lowest BCUT2D eigenvalue weighted by Gasteiger charge is -2.18. The lowest BCUT2D eigenvalue weighted by atomic mass is 9.99. The Morgan fingerprint density at radius 2 is 0.535 bits per heavy atom. The van der Waals surface area contributed by atoms with E-state index < -0.39 is 6.10 Å². The molecule has 0 aromatic carbocycles. The summed E-state index contributed by atoms with van der Waals surface area (Å²) in [6.45, 7) is 11.5. The Kier molecular flexibility index (Phi) is 56.4. The van der Waals surface area contributed by atoms with Crippen molar-refractivity contribution in [2.24, 2.45) is 11.8 Å². The van der Waals surface area contributed by atoms with Gasteiger partial charge in [0.05, 0.1) is 0 Å². The van der Waals surface area contributed by atoms with Crippen LogP contribution in [-0.2, 0) is 28.6 Å². The highest BCUT2D eigenvalue weighted by Gasteiger charge is 2.19. The lowest BCUT2D eigenvalue weighted by molar-refractivity contribution is -0.167. The van der Waals surface area contributed by atoms with Crippen LogP contribution in [-0.4, -0.2) is 37.2 Å². The number of rotatable bonds is 59. The van der Waals surface area contributed by atoms with Gasteiger partial charge in [0.2, 0.25) is 0 Å². The number of ether oxygens (including phenoxy) is 3. The van der Waals surface area contributed by atoms with E-state index >= 15 is 0 Å². The molecule has 0 N–H and O–H groups in total. The van der Waals surface area contributed by atoms with Crippen LogP contribution in [0, 0.1) is 11.8 Å². The van der Waals surface area contributed by atoms with Gasteiger partial charge in [-0.1, -0.05) is 330 Å². The van der Waals surface area contributed by atoms with Gasteiger partial charge in [-0.3, -0.25) is 14.4 Å². The Morgan fingerprint density at radius 1 is 0.296 bits per heavy atom. The first-order chi connectivity index (χ1) is 34.8. The van der Waals surface area contributed by atoms with Gasteiger partial charge >= 0.3 is 17.9 Å². The van der Waals surface area contributed by atoms with E-state index in [1.165, 1.54) is 257 Å². The summed E-state index contributed by atoms with van der Waals surface area (Å²) >= 11 is 0. The maximum absolute atomic E-state index is 12.9. The van der Waals surface area contributed by atoms with Crippen LogP contribution in [0.15, 0.2) is 0 Å². The second kappa shape index (κ2) is 57.7. The maximum Gasteiger partial charge on any atom is 0.306 e. The lowest BCUT2D eigenvalue weighted by Crippen LogP contribution is -2.30. The molecule has 1 unspecified atom stereocenters. The summed E-state index contributed by atoms with van der Waals surface area (Å²) in [6.07, 6.45) is 63.9. The number of esters is 3. The minimum Gasteiger partial charge on any atom is -0.462 e. The van der Waals surface area contributed by atoms with E-state index in [1.807, 2.05) is 0 Å². The molecule has 2 atom stereocenters. The first-order valence-electron chi connectivity index (χ1n) is 32.3. The van der Waals surface area contributed by atoms with Crippen molar-refractivity contribution in [3.05, 3.63) is 0 Å². The maximum atomic E-state index is 12.9. The van der Waals surface area contributed by atoms with Gasteiger partial charge in [0.1, 0.15) is 13.2 Å². The molecule has 0 radical (unpaired) electrons. The van der Waals surface area contributed by atoms with Crippen molar-refractivity contribution in [2.75, 3.05) is 13.2 Å². The number of unbranched alkanes of at least 4 members (excludes halogenated alkanes) is 43. The largest absolute Gasteiger partial charge is 0.462 e. The van der Waals surface area contributed by atoms with Crippen molar-refractivity contribution in [1.82, 2.24) is 0 Å². The van der Waals surface area contributed by atoms with Crippen molar-refractivity contribution >= 4 is 17.9 Å². The van der Waals surface area contributed by atoms with E-state index in [1.54, 1.807) is 0 Å². The molecule has 0 rings (SSSR count). The molecular weight excluding hydrogens is 877 g/mol. The summed E-state index contributed by atoms with van der Waals surface area (Å²) in [5.41, 5.74) is 0. The zero-order valence-corrected chi connectivity index (χ0v) is 48.9. The van der Waals surface area contributed by atoms with Crippen molar-refractivity contribution in [3.63, 3.8) is 0 Å². The van der Waals surface area contributed by atoms with E-state index in [4.69, 9.17) is 14.2 Å². The zero-order valence-electron chi connectivity index (χ0n) is 48.9. The summed E-state index contributed by atoms with van der Waals surface area (Å²) in [6, 6.07) is 0. The van der Waals surface area contributed by atoms with Crippen LogP contribution in [0.25, 0.3) is 0 Å². The van der Waals surface area contributed by atoms with Crippen LogP contribution in [0.2, 0.25) is 0 Å². The Morgan fingerprint density at radius 3 is 0.803 bits per heavy atom. The molecule has 0 amide bonds. The van der Waals surface area contributed by atoms with Crippen LogP contribution in [0.1, 0.15) is 369 Å². The minimum atomic E-state index is -0.763. The summed E-state index contributed by atoms with van der Waals surface area (Å²) in [7, 11) is 0. The van der Waals surface area contributed by atoms with Gasteiger partial charge < -0.3 is 14.2 Å². The van der Waals surface area contributed by atoms with Gasteiger partial charge in [-0.05, 0) is 31.1 Å². The fourth-order valence-corrected chi connectivity index (χ4v) is 10.1. The van der Waals surface area contributed by atoms with E-state index in [0.717, 1.165) is 69.6 Å². The molecule has 0 fully saturated rings. The van der Waals surface area contributed by atoms with Crippen molar-refractivity contribution in [3.8, 4) is 0 Å². The SMILES string of the molecule is CCCCCCCCCCCCCCC(=O)O[C@H](COC(=O)CCCCCCCCCCCCCCCCCCCCC(C)CC)COC(=O)CCCCCCCCCCCCCCCCCCC(C)C. The standard InChI is InChI=1S/C65H126O6/c1-6-8-9-10-11-12-13-30-37-42-47-52-57-65(68)71-62(59-70-64(67)56-51-46-41-36-32-27-23-19-18-20-24-28-33-38-43-48-53-60(3)4)58-69-63(66)55-50-45-40-35-31-26-22-17-15-14-16-21-25-29-34-39-44-49-54-61(5)7-2/h60-62H,6-59H2,1-5H3/t61?,62-/m1/s1. The van der Waals surface area contributed by atoms with Gasteiger partial charge in [-0.25, -0.2) is 0 Å². The van der Waals surface area contributed by atoms with Crippen LogP contribution in [0.5, 0.6) is 0 Å². The molecule has 0 aromatic rings. The molecule has 0 aliphatic heterocycles. The number of hydrogen-bond acceptors (Lipinski definition) is 6. The molecule has 422 valence electrons. The molecule has 0 aliphatic carbocycles. The average molecular weight is 1000 g/mol. The molecule has 0 aliphatic rings. The van der Waals surface area contributed by atoms with E-state index in [2.05, 4.69) is 34.6 Å². The normalized spacial score (nSPS) is 12.4. The third-order valence-electron chi connectivity index (χ3n) is 15.3. The second-order valence-corrected chi connectivity index (χ2v) is 23.1. The minimum absolute atomic E-state index is 0.0618. The van der Waals surface area contributed by atoms with E-state index in [0.29, 0.717) is 19.3 Å². The molecule has 0 heterocycles. The highest BCUT2D eigenvalue weighted by Crippen LogP contribution is 2.19. The Hall–Kier alpha value is -1.59. The molecule has 71 heavy (non-hydrogen) atoms. The summed E-state index contributed by atoms with van der Waals surface area (Å²) in [5.74, 6) is 0.932. The highest BCUT2D eigenvalue weighted by atomic mass is 16.6. The van der Waals surface area contributed by atoms with Crippen LogP contribution >= 0.6 is 0 Å². The third-order valence-corrected chi connectivity index (χ3v) is 15.3. The third kappa shape index (κ3) is 57.5. The number of hydrogen-bond donors (Lipinski definition) is 0. The van der Waals surface area contributed by atoms with Crippen molar-refractivity contribution < 1.29 is 28.6 Å². The van der Waals surface area contributed by atoms with Gasteiger partial charge in [0.25, 0.3) is 0 Å². The fourth-order valence-electron chi connectivity index (χ4n) is 10.1. The first kappa shape index (κ1) is 69.4. The molecule has 0 aromatic heterocycles. The Labute approximate surface area is 444 Å². The second-order valence-electron chi connectivity index (χ2n) is 23.1. The average Bonchev–Trinajstić information content (AvgIpc) is 3.36. The molecule has 0 saturated carbocycles. The predicted octanol–water partition coefficient (Wildman–Crippen LogP) is 21.6. The summed E-state index contributed by atoms with van der Waals surface area (Å²) in [5, 5.41) is 0. The molecule has 6 heteroatoms. The van der Waals surface area contributed by atoms with Gasteiger partial charge in [0, 0.05) is 19.3 Å². The van der Waals surface area contributed by atoms with E-state index in [-0.39, 0.29) is 31.1 Å². The smallest absolute Gasteiger partial charge is 0.306 e. The summed E-state index contributed by atoms with van der Waals surface area (Å²) in [4.78, 5) is 38.3. The topological polar surface area (TPSA) is 78.9 Å². The molecule has 6 nitrogen and oxygen atoms in total. The quantitative estimate of drug-likeness (QED) is 0.0343. The Balaban J connectivity index is 4.20. The van der Waals surface area contributed by atoms with Crippen LogP contribution < -0.4 is 0 Å². The predicted molar refractivity (Wildman–Crippen MR) is 307 cm³/mol. The number of carbonyl (C=O) groups excluding carboxylic acids is 3. The Bertz CT molecular complexity index is 1090. The van der Waals surface area contributed by atoms with Gasteiger partial charge in [-0.2, -0.15) is 0 Å². The van der Waals surface area contributed by atoms with Crippen molar-refractivity contribution in [2.45, 2.75) is 375 Å². The fraction of sp³-hybridized carbons (Fsp3) is 0.954. The van der Waals surface area contributed by atoms with Crippen molar-refractivity contribution in [1.29, 1.82) is 0 Å². The highest BCUT2D eigenvalue weighted by molar-refractivity contribution is 5.71. The monoisotopic (exact) mass is 1000 g/mol. The van der Waals surface area contributed by atoms with Gasteiger partial charge in [-0.15, -0.1) is 0 Å². The number of carbonyl (C=O) groups is 3. The molecular formula is C65H126O6. The van der Waals surface area contributed by atoms with E-state index in [9.17, 15) is 14.4 Å². The molecule has 0 saturated heterocycles.